The molecule has 1 aliphatic heterocycles. The Bertz CT molecular complexity index is 738. The molecule has 0 aliphatic carbocycles. The van der Waals surface area contributed by atoms with Crippen molar-refractivity contribution in [2.24, 2.45) is 0 Å². The third-order valence-electron chi connectivity index (χ3n) is 4.61. The van der Waals surface area contributed by atoms with Crippen LogP contribution in [-0.4, -0.2) is 50.2 Å². The van der Waals surface area contributed by atoms with Gasteiger partial charge < -0.3 is 9.80 Å². The van der Waals surface area contributed by atoms with E-state index in [1.54, 1.807) is 18.3 Å². The van der Waals surface area contributed by atoms with Crippen molar-refractivity contribution < 1.29 is 13.2 Å². The molecular formula is C19H23F3N4. The van der Waals surface area contributed by atoms with Gasteiger partial charge in [0.15, 0.2) is 0 Å². The van der Waals surface area contributed by atoms with E-state index in [0.29, 0.717) is 26.2 Å². The Morgan fingerprint density at radius 1 is 1.00 bits per heavy atom. The van der Waals surface area contributed by atoms with E-state index in [-0.39, 0.29) is 5.69 Å². The number of alkyl halides is 3. The van der Waals surface area contributed by atoms with Gasteiger partial charge in [0.2, 0.25) is 0 Å². The Balaban J connectivity index is 1.68. The summed E-state index contributed by atoms with van der Waals surface area (Å²) < 4.78 is 39.7. The van der Waals surface area contributed by atoms with E-state index in [9.17, 15) is 13.2 Å². The van der Waals surface area contributed by atoms with E-state index in [0.717, 1.165) is 24.0 Å². The number of pyridine rings is 1. The summed E-state index contributed by atoms with van der Waals surface area (Å²) in [5, 5.41) is 0. The van der Waals surface area contributed by atoms with Gasteiger partial charge in [-0.15, -0.1) is 0 Å². The first kappa shape index (κ1) is 18.5. The zero-order chi connectivity index (χ0) is 18.7. The number of anilines is 2. The van der Waals surface area contributed by atoms with Gasteiger partial charge in [0.25, 0.3) is 0 Å². The van der Waals surface area contributed by atoms with Crippen molar-refractivity contribution in [1.29, 1.82) is 0 Å². The van der Waals surface area contributed by atoms with Gasteiger partial charge in [-0.3, -0.25) is 4.90 Å². The number of piperazine rings is 1. The summed E-state index contributed by atoms with van der Waals surface area (Å²) in [6.07, 6.45) is -2.56. The number of hydrogen-bond donors (Lipinski definition) is 0. The van der Waals surface area contributed by atoms with Crippen LogP contribution in [0.2, 0.25) is 0 Å². The summed E-state index contributed by atoms with van der Waals surface area (Å²) in [5.41, 5.74) is 0.840. The summed E-state index contributed by atoms with van der Waals surface area (Å²) in [4.78, 5) is 10.5. The molecule has 1 fully saturated rings. The zero-order valence-electron chi connectivity index (χ0n) is 15.0. The van der Waals surface area contributed by atoms with Gasteiger partial charge >= 0.3 is 6.18 Å². The maximum Gasteiger partial charge on any atom is 0.418 e. The highest BCUT2D eigenvalue weighted by Gasteiger charge is 2.35. The normalized spacial score (nSPS) is 16.0. The van der Waals surface area contributed by atoms with Gasteiger partial charge in [-0.05, 0) is 18.2 Å². The van der Waals surface area contributed by atoms with Crippen LogP contribution in [0.1, 0.15) is 11.1 Å². The fourth-order valence-electron chi connectivity index (χ4n) is 3.33. The summed E-state index contributed by atoms with van der Waals surface area (Å²) in [5.74, 6) is 0.928. The molecule has 0 amide bonds. The van der Waals surface area contributed by atoms with Crippen molar-refractivity contribution in [3.05, 3.63) is 53.7 Å². The van der Waals surface area contributed by atoms with E-state index >= 15 is 0 Å². The molecule has 140 valence electrons. The average Bonchev–Trinajstić information content (AvgIpc) is 2.62. The number of rotatable bonds is 4. The van der Waals surface area contributed by atoms with Crippen LogP contribution >= 0.6 is 0 Å². The molecule has 1 saturated heterocycles. The van der Waals surface area contributed by atoms with E-state index in [1.165, 1.54) is 6.07 Å². The van der Waals surface area contributed by atoms with Crippen molar-refractivity contribution in [3.8, 4) is 0 Å². The Hall–Kier alpha value is -2.28. The van der Waals surface area contributed by atoms with Gasteiger partial charge in [0, 0.05) is 64.3 Å². The standard InChI is InChI=1S/C19H23F3N4/c1-24(2)18-15(6-5-9-23-18)14-25-10-12-26(13-11-25)17-8-4-3-7-16(17)19(20,21)22/h3-9H,10-14H2,1-2H3. The number of para-hydroxylation sites is 1. The fraction of sp³-hybridized carbons (Fsp3) is 0.421. The number of benzene rings is 1. The monoisotopic (exact) mass is 364 g/mol. The molecule has 3 rings (SSSR count). The van der Waals surface area contributed by atoms with Crippen molar-refractivity contribution in [3.63, 3.8) is 0 Å². The molecule has 0 radical (unpaired) electrons. The van der Waals surface area contributed by atoms with Gasteiger partial charge in [-0.25, -0.2) is 4.98 Å². The summed E-state index contributed by atoms with van der Waals surface area (Å²) in [6.45, 7) is 3.33. The van der Waals surface area contributed by atoms with Crippen LogP contribution in [0.3, 0.4) is 0 Å². The third kappa shape index (κ3) is 4.09. The highest BCUT2D eigenvalue weighted by atomic mass is 19.4. The molecule has 26 heavy (non-hydrogen) atoms. The number of hydrogen-bond acceptors (Lipinski definition) is 4. The topological polar surface area (TPSA) is 22.6 Å². The molecule has 0 saturated carbocycles. The molecule has 0 N–H and O–H groups in total. The minimum Gasteiger partial charge on any atom is -0.368 e. The van der Waals surface area contributed by atoms with Crippen molar-refractivity contribution in [2.75, 3.05) is 50.1 Å². The van der Waals surface area contributed by atoms with Crippen LogP contribution in [-0.2, 0) is 12.7 Å². The van der Waals surface area contributed by atoms with Crippen LogP contribution in [0.4, 0.5) is 24.7 Å². The Labute approximate surface area is 151 Å². The van der Waals surface area contributed by atoms with E-state index in [1.807, 2.05) is 36.0 Å². The second-order valence-electron chi connectivity index (χ2n) is 6.66. The molecule has 1 aromatic heterocycles. The number of aromatic nitrogens is 1. The lowest BCUT2D eigenvalue weighted by Crippen LogP contribution is -2.46. The highest BCUT2D eigenvalue weighted by Crippen LogP contribution is 2.36. The second kappa shape index (κ2) is 7.53. The Kier molecular flexibility index (Phi) is 5.36. The lowest BCUT2D eigenvalue weighted by molar-refractivity contribution is -0.137. The number of nitrogens with zero attached hydrogens (tertiary/aromatic N) is 4. The highest BCUT2D eigenvalue weighted by molar-refractivity contribution is 5.55. The minimum atomic E-state index is -4.33. The second-order valence-corrected chi connectivity index (χ2v) is 6.66. The lowest BCUT2D eigenvalue weighted by Gasteiger charge is -2.37. The summed E-state index contributed by atoms with van der Waals surface area (Å²) in [7, 11) is 3.91. The lowest BCUT2D eigenvalue weighted by atomic mass is 10.1. The molecule has 7 heteroatoms. The Morgan fingerprint density at radius 3 is 2.35 bits per heavy atom. The fourth-order valence-corrected chi connectivity index (χ4v) is 3.33. The van der Waals surface area contributed by atoms with Crippen LogP contribution < -0.4 is 9.80 Å². The van der Waals surface area contributed by atoms with Crippen LogP contribution in [0.15, 0.2) is 42.6 Å². The zero-order valence-corrected chi connectivity index (χ0v) is 15.0. The van der Waals surface area contributed by atoms with Crippen LogP contribution in [0, 0.1) is 0 Å². The van der Waals surface area contributed by atoms with Gasteiger partial charge in [-0.2, -0.15) is 13.2 Å². The first-order chi connectivity index (χ1) is 12.4. The molecule has 1 aromatic carbocycles. The molecule has 1 aliphatic rings. The van der Waals surface area contributed by atoms with E-state index < -0.39 is 11.7 Å². The largest absolute Gasteiger partial charge is 0.418 e. The molecule has 0 spiro atoms. The quantitative estimate of drug-likeness (QED) is 0.828. The average molecular weight is 364 g/mol. The molecule has 2 heterocycles. The third-order valence-corrected chi connectivity index (χ3v) is 4.61. The van der Waals surface area contributed by atoms with Gasteiger partial charge in [0.05, 0.1) is 5.56 Å². The minimum absolute atomic E-state index is 0.273. The van der Waals surface area contributed by atoms with Gasteiger partial charge in [0.1, 0.15) is 5.82 Å². The molecular weight excluding hydrogens is 341 g/mol. The van der Waals surface area contributed by atoms with Crippen molar-refractivity contribution in [1.82, 2.24) is 9.88 Å². The molecule has 0 bridgehead atoms. The smallest absolute Gasteiger partial charge is 0.368 e. The van der Waals surface area contributed by atoms with E-state index in [2.05, 4.69) is 9.88 Å². The maximum atomic E-state index is 13.2. The van der Waals surface area contributed by atoms with Crippen molar-refractivity contribution in [2.45, 2.75) is 12.7 Å². The van der Waals surface area contributed by atoms with E-state index in [4.69, 9.17) is 0 Å². The molecule has 4 nitrogen and oxygen atoms in total. The van der Waals surface area contributed by atoms with Crippen molar-refractivity contribution >= 4 is 11.5 Å². The van der Waals surface area contributed by atoms with Crippen LogP contribution in [0.5, 0.6) is 0 Å². The Morgan fingerprint density at radius 2 is 1.69 bits per heavy atom. The summed E-state index contributed by atoms with van der Waals surface area (Å²) in [6, 6.07) is 9.78. The number of halogens is 3. The molecule has 0 unspecified atom stereocenters. The predicted molar refractivity (Wildman–Crippen MR) is 97.5 cm³/mol. The van der Waals surface area contributed by atoms with Crippen LogP contribution in [0.25, 0.3) is 0 Å². The first-order valence-corrected chi connectivity index (χ1v) is 8.61. The first-order valence-electron chi connectivity index (χ1n) is 8.61. The molecule has 2 aromatic rings. The van der Waals surface area contributed by atoms with Gasteiger partial charge in [-0.1, -0.05) is 18.2 Å². The summed E-state index contributed by atoms with van der Waals surface area (Å²) >= 11 is 0. The molecule has 0 atom stereocenters. The maximum absolute atomic E-state index is 13.2. The SMILES string of the molecule is CN(C)c1ncccc1CN1CCN(c2ccccc2C(F)(F)F)CC1. The predicted octanol–water partition coefficient (Wildman–Crippen LogP) is 3.49.